The summed E-state index contributed by atoms with van der Waals surface area (Å²) in [5.41, 5.74) is 5.43. The smallest absolute Gasteiger partial charge is 0.251 e. The van der Waals surface area contributed by atoms with E-state index < -0.39 is 21.7 Å². The third-order valence-corrected chi connectivity index (χ3v) is 3.89. The monoisotopic (exact) mass is 313 g/mol. The maximum Gasteiger partial charge on any atom is 0.251 e. The molecule has 0 fully saturated rings. The first kappa shape index (κ1) is 17.1. The van der Waals surface area contributed by atoms with Crippen molar-refractivity contribution >= 4 is 15.9 Å². The highest BCUT2D eigenvalue weighted by atomic mass is 32.2. The number of amides is 1. The second-order valence-corrected chi connectivity index (χ2v) is 6.03. The van der Waals surface area contributed by atoms with Gasteiger partial charge in [0.15, 0.2) is 0 Å². The molecule has 0 radical (unpaired) electrons. The van der Waals surface area contributed by atoms with Gasteiger partial charge in [0.2, 0.25) is 10.0 Å². The fraction of sp³-hybridized carbons (Fsp3) is 0.308. The Kier molecular flexibility index (Phi) is 6.30. The van der Waals surface area contributed by atoms with E-state index in [0.717, 1.165) is 6.07 Å². The van der Waals surface area contributed by atoms with Gasteiger partial charge in [-0.3, -0.25) is 4.79 Å². The predicted molar refractivity (Wildman–Crippen MR) is 77.5 cm³/mol. The number of sulfonamides is 1. The molecule has 0 spiro atoms. The molecule has 0 unspecified atom stereocenters. The van der Waals surface area contributed by atoms with Crippen LogP contribution in [-0.2, 0) is 10.0 Å². The van der Waals surface area contributed by atoms with Crippen LogP contribution < -0.4 is 15.8 Å². The average Bonchev–Trinajstić information content (AvgIpc) is 2.45. The third-order valence-electron chi connectivity index (χ3n) is 2.52. The Balaban J connectivity index is 2.69. The molecule has 1 aromatic carbocycles. The number of hydrogen-bond acceptors (Lipinski definition) is 4. The van der Waals surface area contributed by atoms with Gasteiger partial charge in [-0.05, 0) is 25.2 Å². The zero-order valence-electron chi connectivity index (χ0n) is 11.4. The van der Waals surface area contributed by atoms with Crippen LogP contribution in [0.25, 0.3) is 0 Å². The number of hydrogen-bond donors (Lipinski definition) is 3. The Hall–Kier alpha value is -1.95. The molecule has 6 nitrogen and oxygen atoms in total. The van der Waals surface area contributed by atoms with Crippen LogP contribution in [0.1, 0.15) is 15.9 Å². The quantitative estimate of drug-likeness (QED) is 0.633. The van der Waals surface area contributed by atoms with Crippen molar-refractivity contribution in [2.45, 2.75) is 0 Å². The van der Waals surface area contributed by atoms with Crippen molar-refractivity contribution in [1.82, 2.24) is 10.0 Å². The van der Waals surface area contributed by atoms with Crippen molar-refractivity contribution < 1.29 is 17.6 Å². The molecule has 0 bridgehead atoms. The summed E-state index contributed by atoms with van der Waals surface area (Å²) in [5.74, 6) is 3.61. The molecule has 114 valence electrons. The van der Waals surface area contributed by atoms with Gasteiger partial charge in [0.1, 0.15) is 5.82 Å². The largest absolute Gasteiger partial charge is 0.351 e. The molecular formula is C13H16FN3O3S. The van der Waals surface area contributed by atoms with Gasteiger partial charge in [0.05, 0.1) is 17.9 Å². The first-order valence-electron chi connectivity index (χ1n) is 6.07. The van der Waals surface area contributed by atoms with Gasteiger partial charge in [-0.2, -0.15) is 0 Å². The van der Waals surface area contributed by atoms with Gasteiger partial charge in [0.25, 0.3) is 5.91 Å². The zero-order chi connectivity index (χ0) is 15.9. The fourth-order valence-electron chi connectivity index (χ4n) is 1.41. The van der Waals surface area contributed by atoms with E-state index in [-0.39, 0.29) is 30.0 Å². The molecule has 0 aliphatic rings. The van der Waals surface area contributed by atoms with Crippen LogP contribution in [-0.4, -0.2) is 40.2 Å². The first-order chi connectivity index (χ1) is 9.89. The minimum Gasteiger partial charge on any atom is -0.351 e. The maximum absolute atomic E-state index is 13.7. The highest BCUT2D eigenvalue weighted by Crippen LogP contribution is 2.09. The van der Waals surface area contributed by atoms with Gasteiger partial charge < -0.3 is 11.1 Å². The van der Waals surface area contributed by atoms with Crippen molar-refractivity contribution in [2.75, 3.05) is 25.9 Å². The minimum absolute atomic E-state index is 0.0711. The predicted octanol–water partition coefficient (Wildman–Crippen LogP) is -0.585. The van der Waals surface area contributed by atoms with Crippen LogP contribution in [0.15, 0.2) is 18.2 Å². The lowest BCUT2D eigenvalue weighted by molar-refractivity contribution is 0.0955. The topological polar surface area (TPSA) is 101 Å². The van der Waals surface area contributed by atoms with Gasteiger partial charge in [-0.25, -0.2) is 17.5 Å². The van der Waals surface area contributed by atoms with E-state index in [1.54, 1.807) is 0 Å². The van der Waals surface area contributed by atoms with Crippen LogP contribution in [0.5, 0.6) is 0 Å². The Morgan fingerprint density at radius 2 is 2.14 bits per heavy atom. The van der Waals surface area contributed by atoms with Gasteiger partial charge in [-0.15, -0.1) is 0 Å². The molecule has 0 atom stereocenters. The van der Waals surface area contributed by atoms with E-state index in [4.69, 9.17) is 5.73 Å². The minimum atomic E-state index is -3.39. The number of carbonyl (C=O) groups is 1. The summed E-state index contributed by atoms with van der Waals surface area (Å²) in [6, 6.07) is 3.82. The molecule has 4 N–H and O–H groups in total. The molecule has 8 heteroatoms. The highest BCUT2D eigenvalue weighted by molar-refractivity contribution is 7.89. The zero-order valence-corrected chi connectivity index (χ0v) is 12.3. The third kappa shape index (κ3) is 5.51. The molecule has 0 saturated carbocycles. The van der Waals surface area contributed by atoms with E-state index in [0.29, 0.717) is 0 Å². The molecule has 0 aromatic heterocycles. The number of halogens is 1. The summed E-state index contributed by atoms with van der Waals surface area (Å²) < 4.78 is 38.1. The van der Waals surface area contributed by atoms with Gasteiger partial charge in [-0.1, -0.05) is 11.8 Å². The summed E-state index contributed by atoms with van der Waals surface area (Å²) in [6.07, 6.45) is 0. The van der Waals surface area contributed by atoms with Crippen LogP contribution in [0.3, 0.4) is 0 Å². The fourth-order valence-corrected chi connectivity index (χ4v) is 1.98. The van der Waals surface area contributed by atoms with Crippen molar-refractivity contribution in [2.24, 2.45) is 5.73 Å². The van der Waals surface area contributed by atoms with E-state index >= 15 is 0 Å². The first-order valence-corrected chi connectivity index (χ1v) is 7.72. The molecule has 21 heavy (non-hydrogen) atoms. The Bertz CT molecular complexity index is 678. The van der Waals surface area contributed by atoms with Crippen LogP contribution in [0.2, 0.25) is 0 Å². The van der Waals surface area contributed by atoms with Crippen LogP contribution >= 0.6 is 0 Å². The molecule has 1 amide bonds. The second-order valence-electron chi connectivity index (χ2n) is 3.98. The molecule has 0 aliphatic carbocycles. The van der Waals surface area contributed by atoms with Gasteiger partial charge >= 0.3 is 0 Å². The second kappa shape index (κ2) is 7.73. The molecule has 0 saturated heterocycles. The van der Waals surface area contributed by atoms with E-state index in [2.05, 4.69) is 21.9 Å². The van der Waals surface area contributed by atoms with E-state index in [9.17, 15) is 17.6 Å². The lowest BCUT2D eigenvalue weighted by Gasteiger charge is -2.06. The SMILES string of the molecule is CNS(=O)(=O)CCNC(=O)c1ccc(C#CCN)c(F)c1. The van der Waals surface area contributed by atoms with Gasteiger partial charge in [0, 0.05) is 12.1 Å². The van der Waals surface area contributed by atoms with Crippen molar-refractivity contribution in [3.05, 3.63) is 35.1 Å². The molecule has 0 aliphatic heterocycles. The standard InChI is InChI=1S/C13H16FN3O3S/c1-16-21(19,20)8-7-17-13(18)11-5-4-10(3-2-6-15)12(14)9-11/h4-5,9,16H,6-8,15H2,1H3,(H,17,18). The number of nitrogens with one attached hydrogen (secondary N) is 2. The molecule has 0 heterocycles. The summed E-state index contributed by atoms with van der Waals surface area (Å²) >= 11 is 0. The molecule has 1 aromatic rings. The highest BCUT2D eigenvalue weighted by Gasteiger charge is 2.11. The van der Waals surface area contributed by atoms with Crippen LogP contribution in [0.4, 0.5) is 4.39 Å². The number of nitrogens with two attached hydrogens (primary N) is 1. The Morgan fingerprint density at radius 3 is 2.71 bits per heavy atom. The van der Waals surface area contributed by atoms with Crippen molar-refractivity contribution in [3.8, 4) is 11.8 Å². The molecule has 1 rings (SSSR count). The summed E-state index contributed by atoms with van der Waals surface area (Å²) in [5, 5.41) is 2.40. The lowest BCUT2D eigenvalue weighted by Crippen LogP contribution is -2.33. The van der Waals surface area contributed by atoms with Crippen molar-refractivity contribution in [1.29, 1.82) is 0 Å². The molecular weight excluding hydrogens is 297 g/mol. The average molecular weight is 313 g/mol. The number of carbonyl (C=O) groups excluding carboxylic acids is 1. The maximum atomic E-state index is 13.7. The summed E-state index contributed by atoms with van der Waals surface area (Å²) in [6.45, 7) is 0.0416. The lowest BCUT2D eigenvalue weighted by atomic mass is 10.1. The van der Waals surface area contributed by atoms with Crippen molar-refractivity contribution in [3.63, 3.8) is 0 Å². The van der Waals surface area contributed by atoms with E-state index in [1.807, 2.05) is 0 Å². The number of rotatable bonds is 5. The Morgan fingerprint density at radius 1 is 1.43 bits per heavy atom. The number of benzene rings is 1. The normalized spacial score (nSPS) is 10.6. The summed E-state index contributed by atoms with van der Waals surface area (Å²) in [4.78, 5) is 11.7. The summed E-state index contributed by atoms with van der Waals surface area (Å²) in [7, 11) is -2.11. The van der Waals surface area contributed by atoms with Crippen LogP contribution in [0, 0.1) is 17.7 Å². The van der Waals surface area contributed by atoms with E-state index in [1.165, 1.54) is 19.2 Å². The Labute approximate surface area is 123 Å².